The minimum atomic E-state index is -4.14. The molecule has 1 heterocycles. The lowest BCUT2D eigenvalue weighted by Crippen LogP contribution is -2.41. The summed E-state index contributed by atoms with van der Waals surface area (Å²) in [7, 11) is 0. The second-order valence-corrected chi connectivity index (χ2v) is 6.85. The van der Waals surface area contributed by atoms with Gasteiger partial charge in [0.05, 0.1) is 18.2 Å². The molecule has 1 unspecified atom stereocenters. The summed E-state index contributed by atoms with van der Waals surface area (Å²) in [5, 5.41) is 0.556. The molecule has 0 N–H and O–H groups in total. The summed E-state index contributed by atoms with van der Waals surface area (Å²) in [4.78, 5) is 1.46. The SMILES string of the molecule is FC(F)(F)CN(CCBr)CC1CCC2(CCCCC2)O1. The first kappa shape index (κ1) is 16.6. The van der Waals surface area contributed by atoms with Crippen LogP contribution in [0.15, 0.2) is 0 Å². The van der Waals surface area contributed by atoms with Crippen LogP contribution in [0.3, 0.4) is 0 Å². The van der Waals surface area contributed by atoms with Gasteiger partial charge in [-0.25, -0.2) is 0 Å². The molecule has 1 aliphatic heterocycles. The van der Waals surface area contributed by atoms with Crippen LogP contribution in [0.25, 0.3) is 0 Å². The Morgan fingerprint density at radius 1 is 1.15 bits per heavy atom. The van der Waals surface area contributed by atoms with Gasteiger partial charge in [0.2, 0.25) is 0 Å². The highest BCUT2D eigenvalue weighted by Gasteiger charge is 2.41. The minimum Gasteiger partial charge on any atom is -0.370 e. The molecular formula is C14H23BrF3NO. The quantitative estimate of drug-likeness (QED) is 0.686. The molecule has 1 saturated carbocycles. The summed E-state index contributed by atoms with van der Waals surface area (Å²) in [6, 6.07) is 0. The minimum absolute atomic E-state index is 0.0127. The largest absolute Gasteiger partial charge is 0.401 e. The highest BCUT2D eigenvalue weighted by molar-refractivity contribution is 9.09. The van der Waals surface area contributed by atoms with Crippen LogP contribution in [-0.4, -0.2) is 47.7 Å². The van der Waals surface area contributed by atoms with E-state index in [1.807, 2.05) is 0 Å². The molecule has 6 heteroatoms. The highest BCUT2D eigenvalue weighted by Crippen LogP contribution is 2.42. The molecule has 0 aromatic carbocycles. The van der Waals surface area contributed by atoms with Crippen LogP contribution >= 0.6 is 15.9 Å². The number of rotatable bonds is 5. The van der Waals surface area contributed by atoms with Gasteiger partial charge in [-0.2, -0.15) is 13.2 Å². The molecule has 1 aliphatic carbocycles. The Morgan fingerprint density at radius 2 is 1.85 bits per heavy atom. The molecule has 0 amide bonds. The van der Waals surface area contributed by atoms with Crippen molar-refractivity contribution in [3.05, 3.63) is 0 Å². The number of nitrogens with zero attached hydrogens (tertiary/aromatic N) is 1. The number of hydrogen-bond donors (Lipinski definition) is 0. The number of ether oxygens (including phenoxy) is 1. The van der Waals surface area contributed by atoms with Gasteiger partial charge in [-0.15, -0.1) is 0 Å². The first-order valence-corrected chi connectivity index (χ1v) is 8.57. The maximum Gasteiger partial charge on any atom is 0.401 e. The van der Waals surface area contributed by atoms with Gasteiger partial charge in [-0.1, -0.05) is 35.2 Å². The van der Waals surface area contributed by atoms with E-state index in [4.69, 9.17) is 4.74 Å². The summed E-state index contributed by atoms with van der Waals surface area (Å²) in [5.74, 6) is 0. The zero-order valence-electron chi connectivity index (χ0n) is 11.7. The van der Waals surface area contributed by atoms with E-state index >= 15 is 0 Å². The molecular weight excluding hydrogens is 335 g/mol. The molecule has 0 radical (unpaired) electrons. The fourth-order valence-corrected chi connectivity index (χ4v) is 3.99. The summed E-state index contributed by atoms with van der Waals surface area (Å²) < 4.78 is 43.8. The van der Waals surface area contributed by atoms with Crippen molar-refractivity contribution >= 4 is 15.9 Å². The predicted octanol–water partition coefficient (Wildman–Crippen LogP) is 4.13. The first-order chi connectivity index (χ1) is 9.42. The van der Waals surface area contributed by atoms with Gasteiger partial charge in [0.15, 0.2) is 0 Å². The molecule has 0 aromatic rings. The predicted molar refractivity (Wildman–Crippen MR) is 76.2 cm³/mol. The molecule has 2 aliphatic rings. The highest BCUT2D eigenvalue weighted by atomic mass is 79.9. The number of alkyl halides is 4. The normalized spacial score (nSPS) is 26.6. The number of halogens is 4. The summed E-state index contributed by atoms with van der Waals surface area (Å²) in [6.07, 6.45) is 3.57. The van der Waals surface area contributed by atoms with Crippen molar-refractivity contribution in [1.29, 1.82) is 0 Å². The Balaban J connectivity index is 1.85. The number of hydrogen-bond acceptors (Lipinski definition) is 2. The van der Waals surface area contributed by atoms with Gasteiger partial charge in [-0.3, -0.25) is 4.90 Å². The topological polar surface area (TPSA) is 12.5 Å². The molecule has 0 bridgehead atoms. The van der Waals surface area contributed by atoms with E-state index in [-0.39, 0.29) is 11.7 Å². The maximum atomic E-state index is 12.6. The van der Waals surface area contributed by atoms with E-state index in [9.17, 15) is 13.2 Å². The molecule has 0 aromatic heterocycles. The molecule has 118 valence electrons. The Morgan fingerprint density at radius 3 is 2.45 bits per heavy atom. The van der Waals surface area contributed by atoms with Gasteiger partial charge < -0.3 is 4.74 Å². The summed E-state index contributed by atoms with van der Waals surface area (Å²) in [5.41, 5.74) is -0.0127. The fourth-order valence-electron chi connectivity index (χ4n) is 3.48. The van der Waals surface area contributed by atoms with E-state index in [2.05, 4.69) is 15.9 Å². The Hall–Kier alpha value is 0.190. The van der Waals surface area contributed by atoms with Crippen LogP contribution in [0, 0.1) is 0 Å². The molecule has 1 saturated heterocycles. The van der Waals surface area contributed by atoms with Crippen LogP contribution in [0.4, 0.5) is 13.2 Å². The Bertz CT molecular complexity index is 305. The van der Waals surface area contributed by atoms with Gasteiger partial charge in [0.1, 0.15) is 0 Å². The fraction of sp³-hybridized carbons (Fsp3) is 1.00. The molecule has 1 atom stereocenters. The van der Waals surface area contributed by atoms with Crippen molar-refractivity contribution in [3.63, 3.8) is 0 Å². The summed E-state index contributed by atoms with van der Waals surface area (Å²) in [6.45, 7) is -0.0370. The van der Waals surface area contributed by atoms with Gasteiger partial charge in [-0.05, 0) is 25.7 Å². The molecule has 20 heavy (non-hydrogen) atoms. The lowest BCUT2D eigenvalue weighted by molar-refractivity contribution is -0.151. The molecule has 2 fully saturated rings. The van der Waals surface area contributed by atoms with Crippen molar-refractivity contribution in [1.82, 2.24) is 4.90 Å². The second-order valence-electron chi connectivity index (χ2n) is 6.06. The zero-order chi connectivity index (χ0) is 14.6. The van der Waals surface area contributed by atoms with Crippen molar-refractivity contribution in [2.75, 3.05) is 25.0 Å². The molecule has 2 rings (SSSR count). The second kappa shape index (κ2) is 6.97. The average molecular weight is 358 g/mol. The smallest absolute Gasteiger partial charge is 0.370 e. The lowest BCUT2D eigenvalue weighted by Gasteiger charge is -2.34. The van der Waals surface area contributed by atoms with Crippen molar-refractivity contribution in [3.8, 4) is 0 Å². The third-order valence-corrected chi connectivity index (χ3v) is 4.72. The molecule has 2 nitrogen and oxygen atoms in total. The maximum absolute atomic E-state index is 12.6. The lowest BCUT2D eigenvalue weighted by atomic mass is 9.83. The van der Waals surface area contributed by atoms with E-state index in [0.717, 1.165) is 25.7 Å². The van der Waals surface area contributed by atoms with E-state index < -0.39 is 12.7 Å². The van der Waals surface area contributed by atoms with Crippen molar-refractivity contribution < 1.29 is 17.9 Å². The van der Waals surface area contributed by atoms with E-state index in [1.165, 1.54) is 24.2 Å². The first-order valence-electron chi connectivity index (χ1n) is 7.45. The zero-order valence-corrected chi connectivity index (χ0v) is 13.3. The average Bonchev–Trinajstić information content (AvgIpc) is 2.71. The standard InChI is InChI=1S/C14H23BrF3NO/c15-8-9-19(11-14(16,17)18)10-12-4-7-13(20-12)5-2-1-3-6-13/h12H,1-11H2. The van der Waals surface area contributed by atoms with E-state index in [0.29, 0.717) is 18.4 Å². The Labute approximate surface area is 127 Å². The van der Waals surface area contributed by atoms with Gasteiger partial charge >= 0.3 is 6.18 Å². The van der Waals surface area contributed by atoms with Crippen LogP contribution in [0.2, 0.25) is 0 Å². The third-order valence-electron chi connectivity index (χ3n) is 4.37. The van der Waals surface area contributed by atoms with Crippen molar-refractivity contribution in [2.45, 2.75) is 62.8 Å². The van der Waals surface area contributed by atoms with Crippen molar-refractivity contribution in [2.24, 2.45) is 0 Å². The molecule has 1 spiro atoms. The van der Waals surface area contributed by atoms with Gasteiger partial charge in [0.25, 0.3) is 0 Å². The third kappa shape index (κ3) is 4.88. The van der Waals surface area contributed by atoms with Crippen LogP contribution in [0.1, 0.15) is 44.9 Å². The van der Waals surface area contributed by atoms with Crippen LogP contribution in [0.5, 0.6) is 0 Å². The van der Waals surface area contributed by atoms with Crippen LogP contribution in [-0.2, 0) is 4.74 Å². The van der Waals surface area contributed by atoms with Gasteiger partial charge in [0, 0.05) is 18.4 Å². The van der Waals surface area contributed by atoms with Crippen LogP contribution < -0.4 is 0 Å². The Kier molecular flexibility index (Phi) is 5.77. The van der Waals surface area contributed by atoms with E-state index in [1.54, 1.807) is 0 Å². The monoisotopic (exact) mass is 357 g/mol. The summed E-state index contributed by atoms with van der Waals surface area (Å²) >= 11 is 3.23.